The number of hydrogen-bond acceptors (Lipinski definition) is 5. The van der Waals surface area contributed by atoms with Gasteiger partial charge in [0, 0.05) is 19.6 Å². The molecular formula is C14H24N2O4S. The van der Waals surface area contributed by atoms with E-state index in [0.717, 1.165) is 12.8 Å². The Bertz CT molecular complexity index is 568. The number of rotatable bonds is 6. The van der Waals surface area contributed by atoms with E-state index in [0.29, 0.717) is 31.9 Å². The minimum absolute atomic E-state index is 0.0102. The average Bonchev–Trinajstić information content (AvgIpc) is 2.96. The summed E-state index contributed by atoms with van der Waals surface area (Å²) in [6.45, 7) is 5.53. The van der Waals surface area contributed by atoms with Crippen LogP contribution in [0.2, 0.25) is 0 Å². The van der Waals surface area contributed by atoms with Gasteiger partial charge in [0.1, 0.15) is 5.76 Å². The second-order valence-electron chi connectivity index (χ2n) is 6.32. The SMILES string of the molecule is CN(Cc1ccc(S(=O)(=O)N2CCCC2)o1)CC(C)(C)O. The summed E-state index contributed by atoms with van der Waals surface area (Å²) in [5.41, 5.74) is -0.800. The molecule has 21 heavy (non-hydrogen) atoms. The highest BCUT2D eigenvalue weighted by atomic mass is 32.2. The van der Waals surface area contributed by atoms with Crippen LogP contribution >= 0.6 is 0 Å². The van der Waals surface area contributed by atoms with Gasteiger partial charge in [0.2, 0.25) is 5.09 Å². The highest BCUT2D eigenvalue weighted by Crippen LogP contribution is 2.23. The fraction of sp³-hybridized carbons (Fsp3) is 0.714. The molecule has 1 aromatic rings. The third kappa shape index (κ3) is 4.29. The molecule has 0 bridgehead atoms. The minimum Gasteiger partial charge on any atom is -0.447 e. The van der Waals surface area contributed by atoms with Crippen molar-refractivity contribution in [2.75, 3.05) is 26.7 Å². The van der Waals surface area contributed by atoms with Crippen molar-refractivity contribution >= 4 is 10.0 Å². The van der Waals surface area contributed by atoms with Gasteiger partial charge < -0.3 is 9.52 Å². The molecule has 1 aromatic heterocycles. The number of sulfonamides is 1. The molecule has 0 aromatic carbocycles. The van der Waals surface area contributed by atoms with Gasteiger partial charge in [-0.3, -0.25) is 4.90 Å². The van der Waals surface area contributed by atoms with Gasteiger partial charge in [-0.2, -0.15) is 4.31 Å². The highest BCUT2D eigenvalue weighted by Gasteiger charge is 2.30. The van der Waals surface area contributed by atoms with Crippen molar-refractivity contribution in [2.45, 2.75) is 43.9 Å². The molecule has 0 spiro atoms. The van der Waals surface area contributed by atoms with E-state index in [-0.39, 0.29) is 5.09 Å². The zero-order valence-corrected chi connectivity index (χ0v) is 13.7. The Morgan fingerprint density at radius 3 is 2.52 bits per heavy atom. The quantitative estimate of drug-likeness (QED) is 0.855. The van der Waals surface area contributed by atoms with E-state index in [1.165, 1.54) is 10.4 Å². The van der Waals surface area contributed by atoms with E-state index in [1.807, 2.05) is 11.9 Å². The maximum atomic E-state index is 12.3. The standard InChI is InChI=1S/C14H24N2O4S/c1-14(2,17)11-15(3)10-12-6-7-13(20-12)21(18,19)16-8-4-5-9-16/h6-7,17H,4-5,8-11H2,1-3H3. The van der Waals surface area contributed by atoms with Crippen LogP contribution in [0.15, 0.2) is 21.6 Å². The Morgan fingerprint density at radius 1 is 1.33 bits per heavy atom. The molecule has 0 amide bonds. The maximum absolute atomic E-state index is 12.3. The van der Waals surface area contributed by atoms with Gasteiger partial charge in [-0.05, 0) is 45.9 Å². The minimum atomic E-state index is -3.49. The number of nitrogens with zero attached hydrogens (tertiary/aromatic N) is 2. The molecular weight excluding hydrogens is 292 g/mol. The maximum Gasteiger partial charge on any atom is 0.276 e. The van der Waals surface area contributed by atoms with Crippen LogP contribution in [0.3, 0.4) is 0 Å². The smallest absolute Gasteiger partial charge is 0.276 e. The van der Waals surface area contributed by atoms with Crippen LogP contribution in [0.4, 0.5) is 0 Å². The molecule has 120 valence electrons. The fourth-order valence-corrected chi connectivity index (χ4v) is 4.07. The van der Waals surface area contributed by atoms with Crippen molar-refractivity contribution in [1.29, 1.82) is 0 Å². The van der Waals surface area contributed by atoms with Crippen molar-refractivity contribution in [2.24, 2.45) is 0 Å². The van der Waals surface area contributed by atoms with E-state index < -0.39 is 15.6 Å². The fourth-order valence-electron chi connectivity index (χ4n) is 2.62. The molecule has 7 heteroatoms. The zero-order chi connectivity index (χ0) is 15.7. The lowest BCUT2D eigenvalue weighted by atomic mass is 10.1. The molecule has 1 saturated heterocycles. The van der Waals surface area contributed by atoms with E-state index in [1.54, 1.807) is 19.9 Å². The normalized spacial score (nSPS) is 17.8. The van der Waals surface area contributed by atoms with Crippen molar-refractivity contribution < 1.29 is 17.9 Å². The van der Waals surface area contributed by atoms with Crippen LogP contribution in [0, 0.1) is 0 Å². The Balaban J connectivity index is 2.04. The van der Waals surface area contributed by atoms with Gasteiger partial charge in [0.15, 0.2) is 0 Å². The molecule has 2 rings (SSSR count). The molecule has 0 saturated carbocycles. The summed E-state index contributed by atoms with van der Waals surface area (Å²) in [6.07, 6.45) is 1.81. The highest BCUT2D eigenvalue weighted by molar-refractivity contribution is 7.89. The second kappa shape index (κ2) is 6.08. The van der Waals surface area contributed by atoms with Gasteiger partial charge in [0.25, 0.3) is 10.0 Å². The Labute approximate surface area is 126 Å². The number of furan rings is 1. The van der Waals surface area contributed by atoms with Gasteiger partial charge in [-0.1, -0.05) is 0 Å². The summed E-state index contributed by atoms with van der Waals surface area (Å²) in [5, 5.41) is 9.78. The van der Waals surface area contributed by atoms with Crippen molar-refractivity contribution in [3.63, 3.8) is 0 Å². The molecule has 1 aliphatic rings. The van der Waals surface area contributed by atoms with E-state index in [9.17, 15) is 13.5 Å². The monoisotopic (exact) mass is 316 g/mol. The Hall–Kier alpha value is -0.890. The molecule has 0 radical (unpaired) electrons. The molecule has 0 unspecified atom stereocenters. The summed E-state index contributed by atoms with van der Waals surface area (Å²) in [4.78, 5) is 1.89. The lowest BCUT2D eigenvalue weighted by Gasteiger charge is -2.24. The number of aliphatic hydroxyl groups is 1. The van der Waals surface area contributed by atoms with Crippen LogP contribution in [-0.2, 0) is 16.6 Å². The van der Waals surface area contributed by atoms with E-state index in [2.05, 4.69) is 0 Å². The Kier molecular flexibility index (Phi) is 4.77. The number of hydrogen-bond donors (Lipinski definition) is 1. The summed E-state index contributed by atoms with van der Waals surface area (Å²) >= 11 is 0. The summed E-state index contributed by atoms with van der Waals surface area (Å²) in [6, 6.07) is 3.20. The third-order valence-corrected chi connectivity index (χ3v) is 5.15. The summed E-state index contributed by atoms with van der Waals surface area (Å²) in [7, 11) is -1.63. The first-order chi connectivity index (χ1) is 9.68. The topological polar surface area (TPSA) is 74.0 Å². The van der Waals surface area contributed by atoms with Crippen LogP contribution in [0.25, 0.3) is 0 Å². The zero-order valence-electron chi connectivity index (χ0n) is 12.9. The van der Waals surface area contributed by atoms with Crippen LogP contribution in [0.1, 0.15) is 32.4 Å². The van der Waals surface area contributed by atoms with Gasteiger partial charge in [-0.15, -0.1) is 0 Å². The van der Waals surface area contributed by atoms with Crippen molar-refractivity contribution in [3.05, 3.63) is 17.9 Å². The largest absolute Gasteiger partial charge is 0.447 e. The first kappa shape index (κ1) is 16.5. The van der Waals surface area contributed by atoms with E-state index >= 15 is 0 Å². The summed E-state index contributed by atoms with van der Waals surface area (Å²) in [5.74, 6) is 0.583. The third-order valence-electron chi connectivity index (χ3n) is 3.38. The Morgan fingerprint density at radius 2 is 1.95 bits per heavy atom. The average molecular weight is 316 g/mol. The summed E-state index contributed by atoms with van der Waals surface area (Å²) < 4.78 is 31.6. The lowest BCUT2D eigenvalue weighted by Crippen LogP contribution is -2.35. The molecule has 1 aliphatic heterocycles. The van der Waals surface area contributed by atoms with Crippen LogP contribution in [-0.4, -0.2) is 55.0 Å². The number of likely N-dealkylation sites (N-methyl/N-ethyl adjacent to an activating group) is 1. The van der Waals surface area contributed by atoms with Gasteiger partial charge in [0.05, 0.1) is 12.1 Å². The molecule has 0 atom stereocenters. The first-order valence-corrected chi connectivity index (χ1v) is 8.62. The van der Waals surface area contributed by atoms with Crippen LogP contribution in [0.5, 0.6) is 0 Å². The predicted octanol–water partition coefficient (Wildman–Crippen LogP) is 1.27. The van der Waals surface area contributed by atoms with Crippen molar-refractivity contribution in [3.8, 4) is 0 Å². The van der Waals surface area contributed by atoms with E-state index in [4.69, 9.17) is 4.42 Å². The first-order valence-electron chi connectivity index (χ1n) is 7.18. The molecule has 2 heterocycles. The molecule has 1 fully saturated rings. The van der Waals surface area contributed by atoms with Crippen LogP contribution < -0.4 is 0 Å². The van der Waals surface area contributed by atoms with Crippen molar-refractivity contribution in [1.82, 2.24) is 9.21 Å². The van der Waals surface area contributed by atoms with Gasteiger partial charge >= 0.3 is 0 Å². The molecule has 6 nitrogen and oxygen atoms in total. The second-order valence-corrected chi connectivity index (χ2v) is 8.19. The lowest BCUT2D eigenvalue weighted by molar-refractivity contribution is 0.0404. The molecule has 1 N–H and O–H groups in total. The predicted molar refractivity (Wildman–Crippen MR) is 79.3 cm³/mol. The van der Waals surface area contributed by atoms with Gasteiger partial charge in [-0.25, -0.2) is 8.42 Å². The molecule has 0 aliphatic carbocycles.